The van der Waals surface area contributed by atoms with Gasteiger partial charge in [-0.3, -0.25) is 20.4 Å². The zero-order chi connectivity index (χ0) is 16.1. The van der Waals surface area contributed by atoms with Gasteiger partial charge in [0.05, 0.1) is 11.5 Å². The first kappa shape index (κ1) is 16.3. The van der Waals surface area contributed by atoms with Gasteiger partial charge in [0.2, 0.25) is 5.91 Å². The quantitative estimate of drug-likeness (QED) is 0.678. The Morgan fingerprint density at radius 1 is 1.23 bits per heavy atom. The Labute approximate surface area is 136 Å². The molecule has 0 radical (unpaired) electrons. The summed E-state index contributed by atoms with van der Waals surface area (Å²) in [6, 6.07) is 6.37. The maximum atomic E-state index is 12.1. The molecule has 1 aliphatic heterocycles. The van der Waals surface area contributed by atoms with E-state index in [1.54, 1.807) is 24.3 Å². The number of benzene rings is 1. The third kappa shape index (κ3) is 3.97. The number of carbonyl (C=O) groups excluding carboxylic acids is 3. The zero-order valence-electron chi connectivity index (χ0n) is 11.8. The van der Waals surface area contributed by atoms with Crippen molar-refractivity contribution < 1.29 is 14.4 Å². The maximum Gasteiger partial charge on any atom is 0.314 e. The highest BCUT2D eigenvalue weighted by atomic mass is 79.9. The van der Waals surface area contributed by atoms with Crippen LogP contribution < -0.4 is 16.6 Å². The lowest BCUT2D eigenvalue weighted by molar-refractivity contribution is -0.127. The number of likely N-dealkylation sites (tertiary alicyclic amines) is 1. The van der Waals surface area contributed by atoms with Crippen molar-refractivity contribution in [3.05, 3.63) is 34.3 Å². The third-order valence-electron chi connectivity index (χ3n) is 3.52. The molecule has 1 aromatic carbocycles. The van der Waals surface area contributed by atoms with E-state index in [4.69, 9.17) is 5.73 Å². The van der Waals surface area contributed by atoms with E-state index in [1.165, 1.54) is 4.90 Å². The summed E-state index contributed by atoms with van der Waals surface area (Å²) in [6.45, 7) is 0.828. The number of amides is 4. The molecule has 8 heteroatoms. The fourth-order valence-electron chi connectivity index (χ4n) is 2.32. The highest BCUT2D eigenvalue weighted by molar-refractivity contribution is 9.10. The molecule has 0 bridgehead atoms. The molecule has 118 valence electrons. The molecule has 0 saturated carbocycles. The van der Waals surface area contributed by atoms with Crippen LogP contribution in [-0.2, 0) is 4.79 Å². The molecule has 1 atom stereocenters. The van der Waals surface area contributed by atoms with E-state index >= 15 is 0 Å². The predicted molar refractivity (Wildman–Crippen MR) is 83.6 cm³/mol. The van der Waals surface area contributed by atoms with Crippen LogP contribution in [0, 0.1) is 5.92 Å². The van der Waals surface area contributed by atoms with Gasteiger partial charge in [-0.05, 0) is 40.9 Å². The van der Waals surface area contributed by atoms with Crippen molar-refractivity contribution in [1.29, 1.82) is 0 Å². The fourth-order valence-corrected chi connectivity index (χ4v) is 2.79. The van der Waals surface area contributed by atoms with Crippen LogP contribution in [0.5, 0.6) is 0 Å². The Morgan fingerprint density at radius 2 is 1.95 bits per heavy atom. The van der Waals surface area contributed by atoms with Gasteiger partial charge in [-0.2, -0.15) is 0 Å². The first-order chi connectivity index (χ1) is 10.5. The molecule has 1 fully saturated rings. The molecule has 0 unspecified atom stereocenters. The third-order valence-corrected chi connectivity index (χ3v) is 4.21. The van der Waals surface area contributed by atoms with Crippen LogP contribution in [-0.4, -0.2) is 35.8 Å². The molecule has 0 aliphatic carbocycles. The molecule has 1 aliphatic rings. The van der Waals surface area contributed by atoms with Gasteiger partial charge in [-0.1, -0.05) is 12.1 Å². The lowest BCUT2D eigenvalue weighted by Crippen LogP contribution is -2.51. The fraction of sp³-hybridized carbons (Fsp3) is 0.357. The Bertz CT molecular complexity index is 593. The van der Waals surface area contributed by atoms with Crippen LogP contribution in [0.4, 0.5) is 4.79 Å². The second-order valence-electron chi connectivity index (χ2n) is 5.05. The standard InChI is InChI=1S/C14H17BrN4O3/c15-11-6-2-1-5-10(11)13(21)18-17-12(20)9-4-3-7-19(8-9)14(16)22/h1-2,5-6,9H,3-4,7-8H2,(H2,16,22)(H,17,20)(H,18,21)/t9-/m1/s1. The van der Waals surface area contributed by atoms with E-state index in [1.807, 2.05) is 0 Å². The minimum absolute atomic E-state index is 0.270. The molecule has 1 aromatic rings. The number of hydrogen-bond donors (Lipinski definition) is 3. The summed E-state index contributed by atoms with van der Waals surface area (Å²) in [4.78, 5) is 36.6. The number of nitrogens with two attached hydrogens (primary N) is 1. The monoisotopic (exact) mass is 368 g/mol. The average molecular weight is 369 g/mol. The van der Waals surface area contributed by atoms with Crippen LogP contribution in [0.3, 0.4) is 0 Å². The highest BCUT2D eigenvalue weighted by Gasteiger charge is 2.27. The second-order valence-corrected chi connectivity index (χ2v) is 5.90. The molecule has 1 heterocycles. The van der Waals surface area contributed by atoms with Gasteiger partial charge in [-0.25, -0.2) is 4.79 Å². The van der Waals surface area contributed by atoms with Crippen molar-refractivity contribution >= 4 is 33.8 Å². The first-order valence-electron chi connectivity index (χ1n) is 6.88. The molecule has 1 saturated heterocycles. The molecule has 7 nitrogen and oxygen atoms in total. The Balaban J connectivity index is 1.89. The highest BCUT2D eigenvalue weighted by Crippen LogP contribution is 2.17. The maximum absolute atomic E-state index is 12.1. The van der Waals surface area contributed by atoms with E-state index in [9.17, 15) is 14.4 Å². The lowest BCUT2D eigenvalue weighted by atomic mass is 9.98. The smallest absolute Gasteiger partial charge is 0.314 e. The Morgan fingerprint density at radius 3 is 2.64 bits per heavy atom. The number of primary amides is 1. The van der Waals surface area contributed by atoms with Crippen LogP contribution in [0.15, 0.2) is 28.7 Å². The number of nitrogens with one attached hydrogen (secondary N) is 2. The molecular weight excluding hydrogens is 352 g/mol. The van der Waals surface area contributed by atoms with Crippen LogP contribution in [0.2, 0.25) is 0 Å². The van der Waals surface area contributed by atoms with Gasteiger partial charge in [0.25, 0.3) is 5.91 Å². The van der Waals surface area contributed by atoms with Gasteiger partial charge >= 0.3 is 6.03 Å². The largest absolute Gasteiger partial charge is 0.351 e. The van der Waals surface area contributed by atoms with E-state index < -0.39 is 11.9 Å². The number of hydrazine groups is 1. The summed E-state index contributed by atoms with van der Waals surface area (Å²) >= 11 is 3.27. The van der Waals surface area contributed by atoms with Gasteiger partial charge in [0, 0.05) is 17.6 Å². The number of urea groups is 1. The van der Waals surface area contributed by atoms with Crippen molar-refractivity contribution in [2.75, 3.05) is 13.1 Å². The van der Waals surface area contributed by atoms with Crippen LogP contribution >= 0.6 is 15.9 Å². The Kier molecular flexibility index (Phi) is 5.37. The number of carbonyl (C=O) groups is 3. The Hall–Kier alpha value is -2.09. The SMILES string of the molecule is NC(=O)N1CCC[C@@H](C(=O)NNC(=O)c2ccccc2Br)C1. The van der Waals surface area contributed by atoms with Crippen molar-refractivity contribution in [1.82, 2.24) is 15.8 Å². The summed E-state index contributed by atoms with van der Waals surface area (Å²) < 4.78 is 0.638. The van der Waals surface area contributed by atoms with E-state index in [2.05, 4.69) is 26.8 Å². The summed E-state index contributed by atoms with van der Waals surface area (Å²) in [5.74, 6) is -1.12. The number of halogens is 1. The first-order valence-corrected chi connectivity index (χ1v) is 7.67. The lowest BCUT2D eigenvalue weighted by Gasteiger charge is -2.30. The summed E-state index contributed by atoms with van der Waals surface area (Å²) in [5, 5.41) is 0. The van der Waals surface area contributed by atoms with E-state index in [0.29, 0.717) is 29.4 Å². The van der Waals surface area contributed by atoms with E-state index in [0.717, 1.165) is 0 Å². The number of rotatable bonds is 2. The van der Waals surface area contributed by atoms with Gasteiger partial charge in [0.15, 0.2) is 0 Å². The predicted octanol–water partition coefficient (Wildman–Crippen LogP) is 1.00. The molecule has 22 heavy (non-hydrogen) atoms. The number of nitrogens with zero attached hydrogens (tertiary/aromatic N) is 1. The molecule has 0 spiro atoms. The molecule has 4 amide bonds. The van der Waals surface area contributed by atoms with Gasteiger partial charge in [0.1, 0.15) is 0 Å². The molecular formula is C14H17BrN4O3. The summed E-state index contributed by atoms with van der Waals surface area (Å²) in [6.07, 6.45) is 1.36. The minimum atomic E-state index is -0.533. The van der Waals surface area contributed by atoms with Crippen molar-refractivity contribution in [2.24, 2.45) is 11.7 Å². The molecule has 2 rings (SSSR count). The van der Waals surface area contributed by atoms with Crippen LogP contribution in [0.25, 0.3) is 0 Å². The zero-order valence-corrected chi connectivity index (χ0v) is 13.4. The van der Waals surface area contributed by atoms with Crippen molar-refractivity contribution in [2.45, 2.75) is 12.8 Å². The minimum Gasteiger partial charge on any atom is -0.351 e. The van der Waals surface area contributed by atoms with Crippen molar-refractivity contribution in [3.63, 3.8) is 0 Å². The molecule has 0 aromatic heterocycles. The van der Waals surface area contributed by atoms with Crippen LogP contribution in [0.1, 0.15) is 23.2 Å². The van der Waals surface area contributed by atoms with Gasteiger partial charge < -0.3 is 10.6 Å². The average Bonchev–Trinajstić information content (AvgIpc) is 2.52. The second kappa shape index (κ2) is 7.26. The van der Waals surface area contributed by atoms with Crippen molar-refractivity contribution in [3.8, 4) is 0 Å². The molecule has 4 N–H and O–H groups in total. The summed E-state index contributed by atoms with van der Waals surface area (Å²) in [7, 11) is 0. The summed E-state index contributed by atoms with van der Waals surface area (Å²) in [5.41, 5.74) is 10.4. The number of hydrogen-bond acceptors (Lipinski definition) is 3. The van der Waals surface area contributed by atoms with Gasteiger partial charge in [-0.15, -0.1) is 0 Å². The topological polar surface area (TPSA) is 105 Å². The number of piperidine rings is 1. The van der Waals surface area contributed by atoms with E-state index in [-0.39, 0.29) is 18.4 Å². The normalized spacial score (nSPS) is 17.7.